The third kappa shape index (κ3) is 3.26. The highest BCUT2D eigenvalue weighted by Crippen LogP contribution is 2.37. The lowest BCUT2D eigenvalue weighted by Crippen LogP contribution is -2.53. The van der Waals surface area contributed by atoms with E-state index in [0.717, 1.165) is 19.4 Å². The van der Waals surface area contributed by atoms with Gasteiger partial charge in [-0.15, -0.1) is 0 Å². The van der Waals surface area contributed by atoms with Crippen LogP contribution < -0.4 is 5.32 Å². The molecule has 2 rings (SSSR count). The van der Waals surface area contributed by atoms with E-state index in [2.05, 4.69) is 5.32 Å². The fourth-order valence-electron chi connectivity index (χ4n) is 3.28. The van der Waals surface area contributed by atoms with Crippen LogP contribution in [0.5, 0.6) is 0 Å². The Morgan fingerprint density at radius 1 is 1.32 bits per heavy atom. The Morgan fingerprint density at radius 3 is 2.58 bits per heavy atom. The predicted octanol–water partition coefficient (Wildman–Crippen LogP) is 1.42. The van der Waals surface area contributed by atoms with Crippen molar-refractivity contribution < 1.29 is 19.4 Å². The van der Waals surface area contributed by atoms with E-state index in [1.54, 1.807) is 0 Å². The van der Waals surface area contributed by atoms with Crippen LogP contribution >= 0.6 is 0 Å². The number of ether oxygens (including phenoxy) is 1. The number of hydrogen-bond donors (Lipinski definition) is 2. The summed E-state index contributed by atoms with van der Waals surface area (Å²) < 4.78 is 5.41. The Labute approximate surface area is 113 Å². The Hall–Kier alpha value is -1.10. The molecular formula is C14H23NO4. The molecule has 5 heteroatoms. The van der Waals surface area contributed by atoms with Gasteiger partial charge in [0.25, 0.3) is 0 Å². The van der Waals surface area contributed by atoms with Crippen LogP contribution in [0, 0.1) is 17.8 Å². The quantitative estimate of drug-likeness (QED) is 0.812. The smallest absolute Gasteiger partial charge is 0.307 e. The lowest BCUT2D eigenvalue weighted by Gasteiger charge is -2.35. The summed E-state index contributed by atoms with van der Waals surface area (Å²) in [7, 11) is 0. The molecule has 1 saturated carbocycles. The number of carboxylic acids is 1. The second-order valence-electron chi connectivity index (χ2n) is 6.33. The highest BCUT2D eigenvalue weighted by Gasteiger charge is 2.43. The van der Waals surface area contributed by atoms with E-state index in [0.29, 0.717) is 25.4 Å². The maximum absolute atomic E-state index is 12.3. The van der Waals surface area contributed by atoms with Gasteiger partial charge in [0, 0.05) is 6.61 Å². The number of carbonyl (C=O) groups is 2. The zero-order valence-corrected chi connectivity index (χ0v) is 11.6. The van der Waals surface area contributed by atoms with Gasteiger partial charge in [-0.3, -0.25) is 9.59 Å². The molecule has 1 amide bonds. The molecule has 0 radical (unpaired) electrons. The average molecular weight is 269 g/mol. The molecular weight excluding hydrogens is 246 g/mol. The van der Waals surface area contributed by atoms with Crippen molar-refractivity contribution in [3.63, 3.8) is 0 Å². The minimum atomic E-state index is -0.852. The van der Waals surface area contributed by atoms with Crippen molar-refractivity contribution in [2.75, 3.05) is 13.2 Å². The first kappa shape index (κ1) is 14.3. The topological polar surface area (TPSA) is 75.6 Å². The number of aliphatic carboxylic acids is 1. The maximum Gasteiger partial charge on any atom is 0.307 e. The summed E-state index contributed by atoms with van der Waals surface area (Å²) in [5.41, 5.74) is -0.343. The fourth-order valence-corrected chi connectivity index (χ4v) is 3.28. The maximum atomic E-state index is 12.3. The Morgan fingerprint density at radius 2 is 2.00 bits per heavy atom. The first-order chi connectivity index (χ1) is 8.91. The Bertz CT molecular complexity index is 362. The predicted molar refractivity (Wildman–Crippen MR) is 69.6 cm³/mol. The van der Waals surface area contributed by atoms with E-state index in [1.807, 2.05) is 13.8 Å². The van der Waals surface area contributed by atoms with Crippen LogP contribution in [0.2, 0.25) is 0 Å². The SMILES string of the molecule is CC1CC(C(=O)O)C(C(=O)NC2(C)CCCOC2)C1. The second-order valence-corrected chi connectivity index (χ2v) is 6.33. The summed E-state index contributed by atoms with van der Waals surface area (Å²) >= 11 is 0. The monoisotopic (exact) mass is 269 g/mol. The van der Waals surface area contributed by atoms with Gasteiger partial charge in [0.05, 0.1) is 24.0 Å². The lowest BCUT2D eigenvalue weighted by atomic mass is 9.91. The van der Waals surface area contributed by atoms with E-state index in [9.17, 15) is 14.7 Å². The molecule has 1 saturated heterocycles. The van der Waals surface area contributed by atoms with Crippen molar-refractivity contribution in [2.24, 2.45) is 17.8 Å². The van der Waals surface area contributed by atoms with Crippen LogP contribution in [-0.4, -0.2) is 35.7 Å². The molecule has 1 aliphatic heterocycles. The van der Waals surface area contributed by atoms with E-state index < -0.39 is 17.8 Å². The minimum absolute atomic E-state index is 0.121. The normalized spacial score (nSPS) is 38.9. The first-order valence-electron chi connectivity index (χ1n) is 7.04. The van der Waals surface area contributed by atoms with Crippen LogP contribution in [0.4, 0.5) is 0 Å². The van der Waals surface area contributed by atoms with Gasteiger partial charge >= 0.3 is 5.97 Å². The zero-order valence-electron chi connectivity index (χ0n) is 11.6. The van der Waals surface area contributed by atoms with Crippen LogP contribution in [0.25, 0.3) is 0 Å². The summed E-state index contributed by atoms with van der Waals surface area (Å²) in [5, 5.41) is 12.2. The number of carbonyl (C=O) groups excluding carboxylic acids is 1. The third-order valence-electron chi connectivity index (χ3n) is 4.32. The molecule has 0 bridgehead atoms. The van der Waals surface area contributed by atoms with Crippen LogP contribution in [-0.2, 0) is 14.3 Å². The number of hydrogen-bond acceptors (Lipinski definition) is 3. The van der Waals surface area contributed by atoms with Crippen LogP contribution in [0.1, 0.15) is 39.5 Å². The molecule has 2 aliphatic rings. The largest absolute Gasteiger partial charge is 0.481 e. The van der Waals surface area contributed by atoms with Crippen molar-refractivity contribution in [1.29, 1.82) is 0 Å². The molecule has 1 heterocycles. The van der Waals surface area contributed by atoms with Gasteiger partial charge in [-0.2, -0.15) is 0 Å². The molecule has 4 unspecified atom stereocenters. The molecule has 1 aliphatic carbocycles. The molecule has 4 atom stereocenters. The number of nitrogens with one attached hydrogen (secondary N) is 1. The van der Waals surface area contributed by atoms with Crippen LogP contribution in [0.15, 0.2) is 0 Å². The molecule has 0 aromatic heterocycles. The van der Waals surface area contributed by atoms with Gasteiger partial charge in [-0.25, -0.2) is 0 Å². The second kappa shape index (κ2) is 5.49. The van der Waals surface area contributed by atoms with Gasteiger partial charge < -0.3 is 15.2 Å². The number of carboxylic acid groups (broad SMARTS) is 1. The Balaban J connectivity index is 2.00. The summed E-state index contributed by atoms with van der Waals surface area (Å²) in [6, 6.07) is 0. The molecule has 0 spiro atoms. The van der Waals surface area contributed by atoms with E-state index in [4.69, 9.17) is 4.74 Å². The molecule has 2 N–H and O–H groups in total. The van der Waals surface area contributed by atoms with E-state index in [-0.39, 0.29) is 11.4 Å². The van der Waals surface area contributed by atoms with Crippen molar-refractivity contribution in [3.8, 4) is 0 Å². The summed E-state index contributed by atoms with van der Waals surface area (Å²) in [5.74, 6) is -1.61. The first-order valence-corrected chi connectivity index (χ1v) is 7.04. The van der Waals surface area contributed by atoms with Crippen molar-refractivity contribution in [1.82, 2.24) is 5.32 Å². The van der Waals surface area contributed by atoms with Gasteiger partial charge in [-0.1, -0.05) is 6.92 Å². The van der Waals surface area contributed by atoms with Gasteiger partial charge in [0.2, 0.25) is 5.91 Å². The van der Waals surface area contributed by atoms with Crippen molar-refractivity contribution in [2.45, 2.75) is 45.1 Å². The summed E-state index contributed by atoms with van der Waals surface area (Å²) in [4.78, 5) is 23.6. The highest BCUT2D eigenvalue weighted by atomic mass is 16.5. The van der Waals surface area contributed by atoms with E-state index in [1.165, 1.54) is 0 Å². The number of rotatable bonds is 3. The Kier molecular flexibility index (Phi) is 4.13. The molecule has 108 valence electrons. The number of amides is 1. The molecule has 5 nitrogen and oxygen atoms in total. The molecule has 0 aromatic rings. The zero-order chi connectivity index (χ0) is 14.0. The summed E-state index contributed by atoms with van der Waals surface area (Å²) in [6.45, 7) is 5.23. The molecule has 19 heavy (non-hydrogen) atoms. The van der Waals surface area contributed by atoms with Crippen LogP contribution in [0.3, 0.4) is 0 Å². The standard InChI is InChI=1S/C14H23NO4/c1-9-6-10(11(7-9)13(17)18)12(16)15-14(2)4-3-5-19-8-14/h9-11H,3-8H2,1-2H3,(H,15,16)(H,17,18). The third-order valence-corrected chi connectivity index (χ3v) is 4.32. The molecule has 0 aromatic carbocycles. The average Bonchev–Trinajstić information content (AvgIpc) is 2.72. The molecule has 2 fully saturated rings. The van der Waals surface area contributed by atoms with Crippen molar-refractivity contribution >= 4 is 11.9 Å². The van der Waals surface area contributed by atoms with Gasteiger partial charge in [0.1, 0.15) is 0 Å². The fraction of sp³-hybridized carbons (Fsp3) is 0.857. The van der Waals surface area contributed by atoms with E-state index >= 15 is 0 Å². The van der Waals surface area contributed by atoms with Gasteiger partial charge in [-0.05, 0) is 38.5 Å². The van der Waals surface area contributed by atoms with Crippen molar-refractivity contribution in [3.05, 3.63) is 0 Å². The summed E-state index contributed by atoms with van der Waals surface area (Å²) in [6.07, 6.45) is 3.08. The highest BCUT2D eigenvalue weighted by molar-refractivity contribution is 5.85. The van der Waals surface area contributed by atoms with Gasteiger partial charge in [0.15, 0.2) is 0 Å². The minimum Gasteiger partial charge on any atom is -0.481 e. The lowest BCUT2D eigenvalue weighted by molar-refractivity contribution is -0.146.